The van der Waals surface area contributed by atoms with Crippen molar-refractivity contribution in [1.82, 2.24) is 15.5 Å². The zero-order valence-corrected chi connectivity index (χ0v) is 10.6. The number of hydrogen-bond donors (Lipinski definition) is 2. The van der Waals surface area contributed by atoms with Crippen LogP contribution in [0.15, 0.2) is 0 Å². The van der Waals surface area contributed by atoms with Gasteiger partial charge in [0, 0.05) is 32.2 Å². The molecule has 1 unspecified atom stereocenters. The minimum Gasteiger partial charge on any atom is -0.316 e. The molecule has 1 aliphatic heterocycles. The van der Waals surface area contributed by atoms with E-state index in [2.05, 4.69) is 36.3 Å². The van der Waals surface area contributed by atoms with Crippen LogP contribution in [0, 0.1) is 5.92 Å². The van der Waals surface area contributed by atoms with E-state index in [9.17, 15) is 0 Å². The first-order valence-corrected chi connectivity index (χ1v) is 6.35. The molecule has 0 bridgehead atoms. The Labute approximate surface area is 94.6 Å². The van der Waals surface area contributed by atoms with E-state index < -0.39 is 0 Å². The SMILES string of the molecule is CC(C)CNCCC(C)N1CCNCC1. The molecule has 2 N–H and O–H groups in total. The van der Waals surface area contributed by atoms with Crippen LogP contribution in [0.1, 0.15) is 27.2 Å². The summed E-state index contributed by atoms with van der Waals surface area (Å²) in [5.74, 6) is 0.763. The van der Waals surface area contributed by atoms with Gasteiger partial charge in [-0.1, -0.05) is 13.8 Å². The molecule has 15 heavy (non-hydrogen) atoms. The molecular formula is C12H27N3. The summed E-state index contributed by atoms with van der Waals surface area (Å²) in [7, 11) is 0. The van der Waals surface area contributed by atoms with Crippen molar-refractivity contribution in [1.29, 1.82) is 0 Å². The molecule has 0 aromatic rings. The maximum atomic E-state index is 3.51. The summed E-state index contributed by atoms with van der Waals surface area (Å²) < 4.78 is 0. The van der Waals surface area contributed by atoms with Crippen LogP contribution >= 0.6 is 0 Å². The highest BCUT2D eigenvalue weighted by molar-refractivity contribution is 4.74. The zero-order valence-electron chi connectivity index (χ0n) is 10.6. The summed E-state index contributed by atoms with van der Waals surface area (Å²) in [6.07, 6.45) is 1.27. The van der Waals surface area contributed by atoms with Crippen LogP contribution < -0.4 is 10.6 Å². The number of hydrogen-bond acceptors (Lipinski definition) is 3. The lowest BCUT2D eigenvalue weighted by molar-refractivity contribution is 0.176. The molecule has 1 heterocycles. The van der Waals surface area contributed by atoms with Gasteiger partial charge in [0.15, 0.2) is 0 Å². The Balaban J connectivity index is 2.04. The minimum atomic E-state index is 0.728. The summed E-state index contributed by atoms with van der Waals surface area (Å²) in [5.41, 5.74) is 0. The fourth-order valence-electron chi connectivity index (χ4n) is 2.01. The van der Waals surface area contributed by atoms with Crippen LogP contribution in [0.2, 0.25) is 0 Å². The van der Waals surface area contributed by atoms with Crippen LogP contribution in [0.25, 0.3) is 0 Å². The van der Waals surface area contributed by atoms with Gasteiger partial charge < -0.3 is 10.6 Å². The number of nitrogens with one attached hydrogen (secondary N) is 2. The average molecular weight is 213 g/mol. The Hall–Kier alpha value is -0.120. The van der Waals surface area contributed by atoms with Crippen molar-refractivity contribution in [2.24, 2.45) is 5.92 Å². The van der Waals surface area contributed by atoms with Gasteiger partial charge in [0.2, 0.25) is 0 Å². The Bertz CT molecular complexity index is 153. The highest BCUT2D eigenvalue weighted by Crippen LogP contribution is 2.04. The Morgan fingerprint density at radius 2 is 1.87 bits per heavy atom. The molecule has 3 nitrogen and oxygen atoms in total. The van der Waals surface area contributed by atoms with E-state index in [0.717, 1.165) is 38.1 Å². The van der Waals surface area contributed by atoms with Crippen molar-refractivity contribution >= 4 is 0 Å². The molecule has 0 aromatic carbocycles. The van der Waals surface area contributed by atoms with Crippen molar-refractivity contribution < 1.29 is 0 Å². The molecule has 1 atom stereocenters. The van der Waals surface area contributed by atoms with E-state index in [0.29, 0.717) is 0 Å². The molecule has 1 aliphatic rings. The van der Waals surface area contributed by atoms with E-state index >= 15 is 0 Å². The Morgan fingerprint density at radius 1 is 1.20 bits per heavy atom. The molecule has 0 aromatic heterocycles. The summed E-state index contributed by atoms with van der Waals surface area (Å²) >= 11 is 0. The molecule has 90 valence electrons. The smallest absolute Gasteiger partial charge is 0.0110 e. The van der Waals surface area contributed by atoms with Crippen LogP contribution in [-0.2, 0) is 0 Å². The van der Waals surface area contributed by atoms with Crippen LogP contribution in [0.5, 0.6) is 0 Å². The largest absolute Gasteiger partial charge is 0.316 e. The lowest BCUT2D eigenvalue weighted by Gasteiger charge is -2.32. The second kappa shape index (κ2) is 7.20. The molecular weight excluding hydrogens is 186 g/mol. The molecule has 1 saturated heterocycles. The molecule has 0 amide bonds. The van der Waals surface area contributed by atoms with Gasteiger partial charge in [0.25, 0.3) is 0 Å². The molecule has 1 fully saturated rings. The van der Waals surface area contributed by atoms with E-state index in [1.807, 2.05) is 0 Å². The summed E-state index contributed by atoms with van der Waals surface area (Å²) in [5, 5.41) is 6.91. The molecule has 0 spiro atoms. The van der Waals surface area contributed by atoms with Crippen LogP contribution in [0.4, 0.5) is 0 Å². The van der Waals surface area contributed by atoms with Gasteiger partial charge >= 0.3 is 0 Å². The fraction of sp³-hybridized carbons (Fsp3) is 1.00. The summed E-state index contributed by atoms with van der Waals surface area (Å²) in [6.45, 7) is 13.9. The first kappa shape index (κ1) is 12.9. The van der Waals surface area contributed by atoms with Gasteiger partial charge in [-0.3, -0.25) is 4.90 Å². The van der Waals surface area contributed by atoms with Gasteiger partial charge in [-0.25, -0.2) is 0 Å². The monoisotopic (exact) mass is 213 g/mol. The van der Waals surface area contributed by atoms with Crippen molar-refractivity contribution in [3.05, 3.63) is 0 Å². The second-order valence-corrected chi connectivity index (χ2v) is 5.02. The second-order valence-electron chi connectivity index (χ2n) is 5.02. The third kappa shape index (κ3) is 5.50. The molecule has 3 heteroatoms. The number of nitrogens with zero attached hydrogens (tertiary/aromatic N) is 1. The standard InChI is InChI=1S/C12H27N3/c1-11(2)10-14-5-4-12(3)15-8-6-13-7-9-15/h11-14H,4-10H2,1-3H3. The van der Waals surface area contributed by atoms with Gasteiger partial charge in [-0.05, 0) is 32.4 Å². The maximum Gasteiger partial charge on any atom is 0.0110 e. The van der Waals surface area contributed by atoms with Gasteiger partial charge in [0.1, 0.15) is 0 Å². The lowest BCUT2D eigenvalue weighted by atomic mass is 10.1. The predicted octanol–water partition coefficient (Wildman–Crippen LogP) is 0.916. The molecule has 0 aliphatic carbocycles. The highest BCUT2D eigenvalue weighted by atomic mass is 15.2. The summed E-state index contributed by atoms with van der Waals surface area (Å²) in [4.78, 5) is 2.59. The average Bonchev–Trinajstić information content (AvgIpc) is 2.25. The molecule has 0 saturated carbocycles. The van der Waals surface area contributed by atoms with Crippen molar-refractivity contribution in [3.63, 3.8) is 0 Å². The van der Waals surface area contributed by atoms with E-state index in [1.54, 1.807) is 0 Å². The normalized spacial score (nSPS) is 20.8. The third-order valence-electron chi connectivity index (χ3n) is 3.07. The van der Waals surface area contributed by atoms with Gasteiger partial charge in [-0.2, -0.15) is 0 Å². The topological polar surface area (TPSA) is 27.3 Å². The summed E-state index contributed by atoms with van der Waals surface area (Å²) in [6, 6.07) is 0.728. The first-order chi connectivity index (χ1) is 7.20. The van der Waals surface area contributed by atoms with Gasteiger partial charge in [0.05, 0.1) is 0 Å². The van der Waals surface area contributed by atoms with Crippen molar-refractivity contribution in [2.75, 3.05) is 39.3 Å². The third-order valence-corrected chi connectivity index (χ3v) is 3.07. The van der Waals surface area contributed by atoms with Crippen LogP contribution in [0.3, 0.4) is 0 Å². The Morgan fingerprint density at radius 3 is 2.47 bits per heavy atom. The minimum absolute atomic E-state index is 0.728. The van der Waals surface area contributed by atoms with Crippen molar-refractivity contribution in [2.45, 2.75) is 33.2 Å². The van der Waals surface area contributed by atoms with Gasteiger partial charge in [-0.15, -0.1) is 0 Å². The van der Waals surface area contributed by atoms with E-state index in [4.69, 9.17) is 0 Å². The highest BCUT2D eigenvalue weighted by Gasteiger charge is 2.15. The molecule has 1 rings (SSSR count). The van der Waals surface area contributed by atoms with E-state index in [-0.39, 0.29) is 0 Å². The predicted molar refractivity (Wildman–Crippen MR) is 66.2 cm³/mol. The van der Waals surface area contributed by atoms with Crippen LogP contribution in [-0.4, -0.2) is 50.2 Å². The quantitative estimate of drug-likeness (QED) is 0.642. The fourth-order valence-corrected chi connectivity index (χ4v) is 2.01. The number of rotatable bonds is 6. The number of piperazine rings is 1. The first-order valence-electron chi connectivity index (χ1n) is 6.35. The lowest BCUT2D eigenvalue weighted by Crippen LogP contribution is -2.48. The van der Waals surface area contributed by atoms with Crippen molar-refractivity contribution in [3.8, 4) is 0 Å². The Kier molecular flexibility index (Phi) is 6.22. The zero-order chi connectivity index (χ0) is 11.1. The molecule has 0 radical (unpaired) electrons. The van der Waals surface area contributed by atoms with E-state index in [1.165, 1.54) is 19.5 Å². The maximum absolute atomic E-state index is 3.51.